The van der Waals surface area contributed by atoms with Crippen molar-refractivity contribution in [1.29, 1.82) is 0 Å². The van der Waals surface area contributed by atoms with E-state index in [1.165, 1.54) is 43.8 Å². The second-order valence-electron chi connectivity index (χ2n) is 25.1. The van der Waals surface area contributed by atoms with Crippen molar-refractivity contribution in [1.82, 2.24) is 0 Å². The fourth-order valence-electron chi connectivity index (χ4n) is 14.3. The van der Waals surface area contributed by atoms with Crippen LogP contribution in [-0.4, -0.2) is 166 Å². The van der Waals surface area contributed by atoms with Gasteiger partial charge in [-0.15, -0.1) is 33.8 Å². The van der Waals surface area contributed by atoms with Gasteiger partial charge in [0.1, 0.15) is 84.3 Å². The summed E-state index contributed by atoms with van der Waals surface area (Å²) in [4.78, 5) is 4.44. The van der Waals surface area contributed by atoms with E-state index in [2.05, 4.69) is 273 Å². The van der Waals surface area contributed by atoms with Crippen molar-refractivity contribution in [3.05, 3.63) is 211 Å². The molecule has 0 heterocycles. The summed E-state index contributed by atoms with van der Waals surface area (Å²) in [7, 11) is 43.1. The molecule has 0 spiro atoms. The van der Waals surface area contributed by atoms with E-state index in [-0.39, 0.29) is 35.6 Å². The first kappa shape index (κ1) is 62.2. The van der Waals surface area contributed by atoms with Gasteiger partial charge in [0.2, 0.25) is 0 Å². The monoisotopic (exact) mass is 1100 g/mol. The molecule has 6 aliphatic carbocycles. The van der Waals surface area contributed by atoms with E-state index in [1.807, 2.05) is 7.85 Å². The fourth-order valence-corrected chi connectivity index (χ4v) is 14.3. The van der Waals surface area contributed by atoms with Crippen LogP contribution in [0.5, 0.6) is 0 Å². The summed E-state index contributed by atoms with van der Waals surface area (Å²) in [5.41, 5.74) is 32.9. The molecule has 2 atom stereocenters. The predicted octanol–water partition coefficient (Wildman–Crippen LogP) is -11.5. The van der Waals surface area contributed by atoms with Crippen LogP contribution in [0.15, 0.2) is 188 Å². The van der Waals surface area contributed by atoms with Crippen molar-refractivity contribution < 1.29 is 8.78 Å². The molecule has 4 aromatic rings. The van der Waals surface area contributed by atoms with Crippen LogP contribution < -0.4 is 64.4 Å². The number of anilines is 2. The Morgan fingerprint density at radius 3 is 1.48 bits per heavy atom. The van der Waals surface area contributed by atoms with E-state index >= 15 is 8.78 Å². The zero-order chi connectivity index (χ0) is 62.2. The first-order valence-electron chi connectivity index (χ1n) is 30.8. The van der Waals surface area contributed by atoms with Gasteiger partial charge < -0.3 is 4.90 Å². The number of nitrogens with zero attached hydrogens (tertiary/aromatic N) is 2. The van der Waals surface area contributed by atoms with Gasteiger partial charge in [0.25, 0.3) is 0 Å². The van der Waals surface area contributed by atoms with Crippen molar-refractivity contribution in [3.8, 4) is 34.6 Å². The number of benzene rings is 4. The summed E-state index contributed by atoms with van der Waals surface area (Å²) in [6.07, 6.45) is 42.3. The van der Waals surface area contributed by atoms with Crippen LogP contribution in [0.25, 0.3) is 33.4 Å². The third-order valence-electron chi connectivity index (χ3n) is 21.1. The Labute approximate surface area is 528 Å². The van der Waals surface area contributed by atoms with Crippen molar-refractivity contribution in [2.45, 2.75) is 25.3 Å². The van der Waals surface area contributed by atoms with Crippen LogP contribution in [0.2, 0.25) is 6.32 Å². The Kier molecular flexibility index (Phi) is 17.6. The van der Waals surface area contributed by atoms with Crippen LogP contribution >= 0.6 is 0 Å². The quantitative estimate of drug-likeness (QED) is 0.0705. The molecule has 0 radical (unpaired) electrons. The molecule has 0 aliphatic heterocycles. The molecule has 0 bridgehead atoms. The van der Waals surface area contributed by atoms with Crippen molar-refractivity contribution in [2.75, 3.05) is 9.80 Å². The molecule has 23 heteroatoms. The maximum atomic E-state index is 18.6. The summed E-state index contributed by atoms with van der Waals surface area (Å²) < 4.78 is 37.2. The minimum absolute atomic E-state index is 0.140. The van der Waals surface area contributed by atoms with Crippen molar-refractivity contribution >= 4 is 231 Å². The van der Waals surface area contributed by atoms with Crippen molar-refractivity contribution in [3.63, 3.8) is 0 Å². The van der Waals surface area contributed by atoms with Gasteiger partial charge in [-0.1, -0.05) is 71.2 Å². The van der Waals surface area contributed by atoms with E-state index < -0.39 is 0 Å². The molecule has 0 N–H and O–H groups in total. The van der Waals surface area contributed by atoms with Crippen LogP contribution in [0.4, 0.5) is 20.2 Å². The molecule has 2 nitrogen and oxygen atoms in total. The molecule has 0 amide bonds. The molecule has 10 rings (SSSR count). The first-order chi connectivity index (χ1) is 40.9. The van der Waals surface area contributed by atoms with Gasteiger partial charge in [0.15, 0.2) is 0 Å². The Hall–Kier alpha value is -6.90. The molecule has 4 aromatic carbocycles. The number of hydrogen-bond acceptors (Lipinski definition) is 2. The fraction of sp³-hybridized carbons (Fsp3) is 0.0952. The number of hydrogen-bond donors (Lipinski definition) is 0. The van der Waals surface area contributed by atoms with Gasteiger partial charge in [-0.2, -0.15) is 0 Å². The number of terminal acetylenes is 1. The van der Waals surface area contributed by atoms with Gasteiger partial charge in [-0.05, 0) is 40.5 Å². The zero-order valence-corrected chi connectivity index (χ0v) is 54.5. The van der Waals surface area contributed by atoms with Gasteiger partial charge in [0.05, 0.1) is 11.7 Å². The first-order valence-corrected chi connectivity index (χ1v) is 30.8. The minimum atomic E-state index is -0.346. The van der Waals surface area contributed by atoms with Crippen molar-refractivity contribution in [2.24, 2.45) is 11.8 Å². The van der Waals surface area contributed by atoms with Crippen LogP contribution in [0, 0.1) is 35.8 Å². The molecule has 0 saturated carbocycles. The molecule has 86 heavy (non-hydrogen) atoms. The predicted molar refractivity (Wildman–Crippen MR) is 427 cm³/mol. The molecule has 0 saturated heterocycles. The van der Waals surface area contributed by atoms with Crippen LogP contribution in [0.1, 0.15) is 18.1 Å². The van der Waals surface area contributed by atoms with E-state index in [0.717, 1.165) is 122 Å². The summed E-state index contributed by atoms with van der Waals surface area (Å²) in [6, 6.07) is 7.29. The van der Waals surface area contributed by atoms with Gasteiger partial charge in [0, 0.05) is 16.8 Å². The molecule has 0 aromatic heterocycles. The standard InChI is InChI=1S/C63H67B19F2N2/c1-3-32(47(67)48(68)37(65)24-64)36-21-29(45-51(71)56(76)59(79)57(77)52(45)72)23-39(84)62(36)86(31-10-6-7-11-31)41-19-15-27-12-16-33-40(18-14-26-13-17-34(41)43(27)42(26)33)85(30-8-4-5-9-30)61-35(25(2)46(66)53(73)60(80)63(81)82)20-28(22-38(61)83)44-49(69)54(74)58(78)55(75)50(44)70/h1,4-23,30-31,42-43,81H,24,64-80,82H2,2H3/b46-25-,47-32-,48-37-,60-53-. The molecule has 0 fully saturated rings. The number of allylic oxidation sites excluding steroid dienone is 24. The number of halogens is 2. The molecule has 2 unspecified atom stereocenters. The SMILES string of the molecule is B=C(B)/C(B)=C(B)\C(B)=C(/C)c1cc(-c2c(B)c(B)c(B)c(B)c2B)cc(F)c1N(C1=CC=C2C=CC3=C(N(c4c(F)cc(-c5c(B)c(B)c(B)c(B)c5B)cc4/C(C#C)=C(B)/C(B)=C(/B)CB)C4C=CC=C4)C=CC4=CC=C1C2C43)C1C=CC=C1. The summed E-state index contributed by atoms with van der Waals surface area (Å²) in [6.45, 7) is 2.15. The van der Waals surface area contributed by atoms with Gasteiger partial charge in [-0.3, -0.25) is 0 Å². The third kappa shape index (κ3) is 10.4. The Bertz CT molecular complexity index is 4200. The second kappa shape index (κ2) is 24.3. The zero-order valence-electron chi connectivity index (χ0n) is 54.5. The van der Waals surface area contributed by atoms with Gasteiger partial charge >= 0.3 is 265 Å². The number of rotatable bonds is 14. The average molecular weight is 1100 g/mol. The van der Waals surface area contributed by atoms with E-state index in [4.69, 9.17) is 6.42 Å². The summed E-state index contributed by atoms with van der Waals surface area (Å²) in [5, 5.41) is 1.00. The molecule has 6 aliphatic rings. The van der Waals surface area contributed by atoms with E-state index in [9.17, 15) is 0 Å². The third-order valence-corrected chi connectivity index (χ3v) is 21.1. The second-order valence-corrected chi connectivity index (χ2v) is 25.1. The molecule has 400 valence electrons. The summed E-state index contributed by atoms with van der Waals surface area (Å²) >= 11 is 0. The van der Waals surface area contributed by atoms with E-state index in [1.54, 1.807) is 12.1 Å². The maximum absolute atomic E-state index is 18.6. The molecular weight excluding hydrogens is 1030 g/mol. The Balaban J connectivity index is 1.19. The van der Waals surface area contributed by atoms with Crippen LogP contribution in [0.3, 0.4) is 0 Å². The van der Waals surface area contributed by atoms with Gasteiger partial charge in [-0.25, -0.2) is 4.39 Å². The Morgan fingerprint density at radius 2 is 0.977 bits per heavy atom. The summed E-state index contributed by atoms with van der Waals surface area (Å²) in [5.74, 6) is 2.23. The van der Waals surface area contributed by atoms with E-state index in [0.29, 0.717) is 22.5 Å². The average Bonchev–Trinajstić information content (AvgIpc) is 0.845. The normalized spacial score (nSPS) is 18.5. The molecular formula is C63H67B19F2N2. The van der Waals surface area contributed by atoms with Crippen LogP contribution in [-0.2, 0) is 0 Å². The Morgan fingerprint density at radius 1 is 0.523 bits per heavy atom. The topological polar surface area (TPSA) is 6.48 Å².